The van der Waals surface area contributed by atoms with Gasteiger partial charge in [-0.15, -0.1) is 0 Å². The summed E-state index contributed by atoms with van der Waals surface area (Å²) in [5.41, 5.74) is 9.60. The summed E-state index contributed by atoms with van der Waals surface area (Å²) in [5.74, 6) is 0. The van der Waals surface area contributed by atoms with Crippen molar-refractivity contribution in [2.24, 2.45) is 5.73 Å². The van der Waals surface area contributed by atoms with Crippen molar-refractivity contribution in [3.63, 3.8) is 0 Å². The van der Waals surface area contributed by atoms with Crippen molar-refractivity contribution in [3.8, 4) is 0 Å². The lowest BCUT2D eigenvalue weighted by Crippen LogP contribution is -2.08. The van der Waals surface area contributed by atoms with E-state index in [-0.39, 0.29) is 6.04 Å². The second kappa shape index (κ2) is 6.22. The maximum absolute atomic E-state index is 5.99. The number of hydrogen-bond acceptors (Lipinski definition) is 2. The molecular weight excluding hydrogens is 220 g/mol. The Morgan fingerprint density at radius 1 is 1.00 bits per heavy atom. The molecule has 0 aliphatic carbocycles. The van der Waals surface area contributed by atoms with Gasteiger partial charge in [0, 0.05) is 18.3 Å². The van der Waals surface area contributed by atoms with Crippen molar-refractivity contribution in [1.82, 2.24) is 0 Å². The minimum absolute atomic E-state index is 0.146. The van der Waals surface area contributed by atoms with Gasteiger partial charge in [0.05, 0.1) is 0 Å². The summed E-state index contributed by atoms with van der Waals surface area (Å²) in [6.07, 6.45) is 0.969. The molecule has 94 valence electrons. The third kappa shape index (κ3) is 3.34. The molecule has 0 amide bonds. The van der Waals surface area contributed by atoms with Crippen molar-refractivity contribution in [1.29, 1.82) is 0 Å². The molecule has 2 nitrogen and oxygen atoms in total. The van der Waals surface area contributed by atoms with E-state index in [9.17, 15) is 0 Å². The Morgan fingerprint density at radius 2 is 1.67 bits per heavy atom. The van der Waals surface area contributed by atoms with Crippen LogP contribution in [0.15, 0.2) is 54.6 Å². The van der Waals surface area contributed by atoms with E-state index >= 15 is 0 Å². The van der Waals surface area contributed by atoms with Crippen molar-refractivity contribution in [2.45, 2.75) is 25.9 Å². The van der Waals surface area contributed by atoms with Crippen LogP contribution in [0.25, 0.3) is 0 Å². The highest BCUT2D eigenvalue weighted by atomic mass is 14.9. The Balaban J connectivity index is 1.94. The SMILES string of the molecule is CC[C@H](N)c1ccc(NCc2ccccc2)cc1. The Hall–Kier alpha value is -1.80. The first-order valence-electron chi connectivity index (χ1n) is 6.43. The Kier molecular flexibility index (Phi) is 4.37. The normalized spacial score (nSPS) is 12.1. The fourth-order valence-electron chi connectivity index (χ4n) is 1.88. The minimum atomic E-state index is 0.146. The van der Waals surface area contributed by atoms with E-state index in [4.69, 9.17) is 5.73 Å². The summed E-state index contributed by atoms with van der Waals surface area (Å²) in [6, 6.07) is 18.9. The highest BCUT2D eigenvalue weighted by Crippen LogP contribution is 2.17. The van der Waals surface area contributed by atoms with Crippen molar-refractivity contribution in [2.75, 3.05) is 5.32 Å². The first-order valence-corrected chi connectivity index (χ1v) is 6.43. The van der Waals surface area contributed by atoms with Crippen LogP contribution in [-0.4, -0.2) is 0 Å². The molecule has 0 heterocycles. The molecule has 0 spiro atoms. The van der Waals surface area contributed by atoms with Crippen LogP contribution < -0.4 is 11.1 Å². The van der Waals surface area contributed by atoms with Crippen LogP contribution in [0.4, 0.5) is 5.69 Å². The van der Waals surface area contributed by atoms with E-state index in [1.54, 1.807) is 0 Å². The average molecular weight is 240 g/mol. The lowest BCUT2D eigenvalue weighted by Gasteiger charge is -2.11. The number of nitrogens with two attached hydrogens (primary N) is 1. The van der Waals surface area contributed by atoms with Gasteiger partial charge in [-0.1, -0.05) is 49.4 Å². The van der Waals surface area contributed by atoms with Gasteiger partial charge in [0.1, 0.15) is 0 Å². The van der Waals surface area contributed by atoms with E-state index in [0.29, 0.717) is 0 Å². The summed E-state index contributed by atoms with van der Waals surface area (Å²) < 4.78 is 0. The monoisotopic (exact) mass is 240 g/mol. The standard InChI is InChI=1S/C16H20N2/c1-2-16(17)14-8-10-15(11-9-14)18-12-13-6-4-3-5-7-13/h3-11,16,18H,2,12,17H2,1H3/t16-/m0/s1. The molecule has 3 N–H and O–H groups in total. The predicted octanol–water partition coefficient (Wildman–Crippen LogP) is 3.71. The van der Waals surface area contributed by atoms with E-state index in [0.717, 1.165) is 18.7 Å². The summed E-state index contributed by atoms with van der Waals surface area (Å²) in [5, 5.41) is 3.40. The van der Waals surface area contributed by atoms with Crippen molar-refractivity contribution in [3.05, 3.63) is 65.7 Å². The Labute approximate surface area is 109 Å². The molecule has 0 aliphatic rings. The number of hydrogen-bond donors (Lipinski definition) is 2. The van der Waals surface area contributed by atoms with E-state index in [1.807, 2.05) is 6.07 Å². The van der Waals surface area contributed by atoms with Gasteiger partial charge in [-0.3, -0.25) is 0 Å². The van der Waals surface area contributed by atoms with Crippen LogP contribution in [0, 0.1) is 0 Å². The number of benzene rings is 2. The molecule has 0 unspecified atom stereocenters. The Bertz CT molecular complexity index is 462. The molecule has 18 heavy (non-hydrogen) atoms. The van der Waals surface area contributed by atoms with E-state index in [1.165, 1.54) is 11.1 Å². The molecule has 0 fully saturated rings. The molecule has 2 heteroatoms. The highest BCUT2D eigenvalue weighted by Gasteiger charge is 2.02. The van der Waals surface area contributed by atoms with Crippen LogP contribution in [0.1, 0.15) is 30.5 Å². The summed E-state index contributed by atoms with van der Waals surface area (Å²) >= 11 is 0. The summed E-state index contributed by atoms with van der Waals surface area (Å²) in [6.45, 7) is 2.95. The lowest BCUT2D eigenvalue weighted by atomic mass is 10.1. The maximum Gasteiger partial charge on any atom is 0.0400 e. The van der Waals surface area contributed by atoms with Crippen LogP contribution >= 0.6 is 0 Å². The smallest absolute Gasteiger partial charge is 0.0400 e. The van der Waals surface area contributed by atoms with Crippen molar-refractivity contribution >= 4 is 5.69 Å². The second-order valence-electron chi connectivity index (χ2n) is 4.48. The minimum Gasteiger partial charge on any atom is -0.381 e. The summed E-state index contributed by atoms with van der Waals surface area (Å²) in [7, 11) is 0. The fraction of sp³-hybridized carbons (Fsp3) is 0.250. The average Bonchev–Trinajstić information content (AvgIpc) is 2.46. The maximum atomic E-state index is 5.99. The number of anilines is 1. The number of rotatable bonds is 5. The largest absolute Gasteiger partial charge is 0.381 e. The molecule has 1 atom stereocenters. The van der Waals surface area contributed by atoms with Gasteiger partial charge >= 0.3 is 0 Å². The van der Waals surface area contributed by atoms with Crippen LogP contribution in [0.5, 0.6) is 0 Å². The lowest BCUT2D eigenvalue weighted by molar-refractivity contribution is 0.699. The molecule has 0 radical (unpaired) electrons. The van der Waals surface area contributed by atoms with Gasteiger partial charge in [-0.05, 0) is 29.7 Å². The van der Waals surface area contributed by atoms with Gasteiger partial charge in [0.15, 0.2) is 0 Å². The molecule has 2 rings (SSSR count). The van der Waals surface area contributed by atoms with Gasteiger partial charge < -0.3 is 11.1 Å². The molecule has 0 aromatic heterocycles. The zero-order valence-electron chi connectivity index (χ0n) is 10.8. The molecule has 2 aromatic rings. The first kappa shape index (κ1) is 12.7. The second-order valence-corrected chi connectivity index (χ2v) is 4.48. The molecule has 0 saturated heterocycles. The molecule has 2 aromatic carbocycles. The number of nitrogens with one attached hydrogen (secondary N) is 1. The Morgan fingerprint density at radius 3 is 2.28 bits per heavy atom. The molecule has 0 saturated carbocycles. The van der Waals surface area contributed by atoms with Gasteiger partial charge in [0.2, 0.25) is 0 Å². The molecule has 0 bridgehead atoms. The zero-order valence-corrected chi connectivity index (χ0v) is 10.8. The van der Waals surface area contributed by atoms with Crippen molar-refractivity contribution < 1.29 is 0 Å². The quantitative estimate of drug-likeness (QED) is 0.836. The molecule has 0 aliphatic heterocycles. The highest BCUT2D eigenvalue weighted by molar-refractivity contribution is 5.45. The fourth-order valence-corrected chi connectivity index (χ4v) is 1.88. The predicted molar refractivity (Wildman–Crippen MR) is 77.4 cm³/mol. The summed E-state index contributed by atoms with van der Waals surface area (Å²) in [4.78, 5) is 0. The molecular formula is C16H20N2. The van der Waals surface area contributed by atoms with Gasteiger partial charge in [-0.2, -0.15) is 0 Å². The third-order valence-corrected chi connectivity index (χ3v) is 3.12. The van der Waals surface area contributed by atoms with E-state index < -0.39 is 0 Å². The van der Waals surface area contributed by atoms with Crippen LogP contribution in [-0.2, 0) is 6.54 Å². The zero-order chi connectivity index (χ0) is 12.8. The third-order valence-electron chi connectivity index (χ3n) is 3.12. The van der Waals surface area contributed by atoms with E-state index in [2.05, 4.69) is 60.8 Å². The van der Waals surface area contributed by atoms with Gasteiger partial charge in [-0.25, -0.2) is 0 Å². The van der Waals surface area contributed by atoms with Crippen LogP contribution in [0.3, 0.4) is 0 Å². The topological polar surface area (TPSA) is 38.0 Å². The van der Waals surface area contributed by atoms with Crippen LogP contribution in [0.2, 0.25) is 0 Å². The first-order chi connectivity index (χ1) is 8.79. The van der Waals surface area contributed by atoms with Gasteiger partial charge in [0.25, 0.3) is 0 Å².